The largest absolute Gasteiger partial charge is 0.370 e. The summed E-state index contributed by atoms with van der Waals surface area (Å²) < 4.78 is 0. The molecule has 3 N–H and O–H groups in total. The monoisotopic (exact) mass is 146 g/mol. The van der Waals surface area contributed by atoms with E-state index in [9.17, 15) is 4.79 Å². The van der Waals surface area contributed by atoms with E-state index < -0.39 is 0 Å². The van der Waals surface area contributed by atoms with Crippen LogP contribution in [0.5, 0.6) is 0 Å². The van der Waals surface area contributed by atoms with Crippen molar-refractivity contribution in [3.8, 4) is 0 Å². The van der Waals surface area contributed by atoms with Gasteiger partial charge in [0.15, 0.2) is 0 Å². The molecule has 0 aromatic heterocycles. The molecule has 0 radical (unpaired) electrons. The van der Waals surface area contributed by atoms with Crippen LogP contribution in [-0.4, -0.2) is 23.6 Å². The number of hydrogen-bond donors (Lipinski definition) is 2. The van der Waals surface area contributed by atoms with Gasteiger partial charge in [0.05, 0.1) is 11.8 Å². The molecule has 0 spiro atoms. The molecule has 1 amide bonds. The third-order valence-corrected chi connectivity index (χ3v) is 2.36. The second-order valence-electron chi connectivity index (χ2n) is 1.98. The fourth-order valence-corrected chi connectivity index (χ4v) is 1.83. The van der Waals surface area contributed by atoms with Crippen molar-refractivity contribution in [1.82, 2.24) is 5.32 Å². The van der Waals surface area contributed by atoms with Gasteiger partial charge >= 0.3 is 0 Å². The molecule has 1 fully saturated rings. The van der Waals surface area contributed by atoms with E-state index in [2.05, 4.69) is 5.32 Å². The van der Waals surface area contributed by atoms with Gasteiger partial charge in [-0.2, -0.15) is 0 Å². The summed E-state index contributed by atoms with van der Waals surface area (Å²) in [6.07, 6.45) is 0.463. The molecule has 1 rings (SSSR count). The fourth-order valence-electron chi connectivity index (χ4n) is 0.794. The summed E-state index contributed by atoms with van der Waals surface area (Å²) in [5.74, 6) is 0.875. The van der Waals surface area contributed by atoms with E-state index in [-0.39, 0.29) is 11.3 Å². The van der Waals surface area contributed by atoms with Gasteiger partial charge in [-0.25, -0.2) is 0 Å². The Kier molecular flexibility index (Phi) is 2.36. The summed E-state index contributed by atoms with van der Waals surface area (Å²) in [4.78, 5) is 10.3. The number of hydrogen-bond acceptors (Lipinski definition) is 3. The average molecular weight is 146 g/mol. The zero-order valence-corrected chi connectivity index (χ0v) is 5.91. The Labute approximate surface area is 58.4 Å². The zero-order chi connectivity index (χ0) is 6.69. The topological polar surface area (TPSA) is 55.1 Å². The lowest BCUT2D eigenvalue weighted by molar-refractivity contribution is -0.118. The SMILES string of the molecule is NC(=O)CC1NCCS1. The van der Waals surface area contributed by atoms with Crippen molar-refractivity contribution in [1.29, 1.82) is 0 Å². The predicted molar refractivity (Wildman–Crippen MR) is 38.1 cm³/mol. The average Bonchev–Trinajstić information content (AvgIpc) is 2.15. The molecule has 3 nitrogen and oxygen atoms in total. The van der Waals surface area contributed by atoms with Crippen molar-refractivity contribution in [2.75, 3.05) is 12.3 Å². The molecule has 1 aliphatic heterocycles. The molecule has 1 heterocycles. The number of carbonyl (C=O) groups excluding carboxylic acids is 1. The van der Waals surface area contributed by atoms with Gasteiger partial charge in [-0.3, -0.25) is 4.79 Å². The Bertz CT molecular complexity index is 112. The smallest absolute Gasteiger partial charge is 0.219 e. The molecule has 0 aliphatic carbocycles. The third kappa shape index (κ3) is 2.24. The molecule has 52 valence electrons. The van der Waals surface area contributed by atoms with Crippen molar-refractivity contribution in [2.45, 2.75) is 11.8 Å². The van der Waals surface area contributed by atoms with Crippen molar-refractivity contribution < 1.29 is 4.79 Å². The highest BCUT2D eigenvalue weighted by atomic mass is 32.2. The fraction of sp³-hybridized carbons (Fsp3) is 0.800. The van der Waals surface area contributed by atoms with Gasteiger partial charge in [-0.1, -0.05) is 0 Å². The van der Waals surface area contributed by atoms with Crippen LogP contribution in [-0.2, 0) is 4.79 Å². The van der Waals surface area contributed by atoms with E-state index in [1.807, 2.05) is 0 Å². The van der Waals surface area contributed by atoms with Crippen LogP contribution in [0.25, 0.3) is 0 Å². The van der Waals surface area contributed by atoms with E-state index >= 15 is 0 Å². The van der Waals surface area contributed by atoms with E-state index in [0.29, 0.717) is 6.42 Å². The Morgan fingerprint density at radius 3 is 3.11 bits per heavy atom. The van der Waals surface area contributed by atoms with Crippen LogP contribution >= 0.6 is 11.8 Å². The Morgan fingerprint density at radius 2 is 2.67 bits per heavy atom. The second-order valence-corrected chi connectivity index (χ2v) is 3.29. The Balaban J connectivity index is 2.19. The number of thioether (sulfide) groups is 1. The summed E-state index contributed by atoms with van der Waals surface area (Å²) in [6, 6.07) is 0. The quantitative estimate of drug-likeness (QED) is 0.553. The Morgan fingerprint density at radius 1 is 1.89 bits per heavy atom. The Hall–Kier alpha value is -0.220. The van der Waals surface area contributed by atoms with Crippen molar-refractivity contribution >= 4 is 17.7 Å². The maximum atomic E-state index is 10.3. The zero-order valence-electron chi connectivity index (χ0n) is 5.09. The number of nitrogens with two attached hydrogens (primary N) is 1. The highest BCUT2D eigenvalue weighted by molar-refractivity contribution is 8.00. The molecule has 0 saturated carbocycles. The van der Waals surface area contributed by atoms with Gasteiger partial charge in [0.1, 0.15) is 0 Å². The van der Waals surface area contributed by atoms with Gasteiger partial charge in [0, 0.05) is 12.3 Å². The lowest BCUT2D eigenvalue weighted by atomic mass is 10.4. The maximum absolute atomic E-state index is 10.3. The molecular weight excluding hydrogens is 136 g/mol. The van der Waals surface area contributed by atoms with Crippen LogP contribution in [0.3, 0.4) is 0 Å². The molecular formula is C5H10N2OS. The highest BCUT2D eigenvalue weighted by Crippen LogP contribution is 2.15. The van der Waals surface area contributed by atoms with Crippen molar-refractivity contribution in [2.24, 2.45) is 5.73 Å². The first-order chi connectivity index (χ1) is 4.29. The first-order valence-corrected chi connectivity index (χ1v) is 3.97. The van der Waals surface area contributed by atoms with Crippen molar-refractivity contribution in [3.63, 3.8) is 0 Å². The minimum Gasteiger partial charge on any atom is -0.370 e. The summed E-state index contributed by atoms with van der Waals surface area (Å²) in [6.45, 7) is 1.00. The normalized spacial score (nSPS) is 26.4. The number of rotatable bonds is 2. The van der Waals surface area contributed by atoms with Crippen LogP contribution in [0.1, 0.15) is 6.42 Å². The predicted octanol–water partition coefficient (Wildman–Crippen LogP) is -0.476. The molecule has 1 saturated heterocycles. The second kappa shape index (κ2) is 3.08. The minimum absolute atomic E-state index is 0.220. The number of nitrogens with one attached hydrogen (secondary N) is 1. The number of primary amides is 1. The summed E-state index contributed by atoms with van der Waals surface area (Å²) >= 11 is 1.76. The van der Waals surface area contributed by atoms with Crippen molar-refractivity contribution in [3.05, 3.63) is 0 Å². The third-order valence-electron chi connectivity index (χ3n) is 1.18. The number of amides is 1. The molecule has 4 heteroatoms. The van der Waals surface area contributed by atoms with Crippen LogP contribution in [0.4, 0.5) is 0 Å². The molecule has 0 aromatic carbocycles. The summed E-state index contributed by atoms with van der Waals surface area (Å²) in [7, 11) is 0. The van der Waals surface area contributed by atoms with Gasteiger partial charge in [0.2, 0.25) is 5.91 Å². The molecule has 1 atom stereocenters. The standard InChI is InChI=1S/C5H10N2OS/c6-4(8)3-5-7-1-2-9-5/h5,7H,1-3H2,(H2,6,8). The van der Waals surface area contributed by atoms with Crippen LogP contribution in [0, 0.1) is 0 Å². The minimum atomic E-state index is -0.220. The van der Waals surface area contributed by atoms with Gasteiger partial charge in [-0.05, 0) is 0 Å². The van der Waals surface area contributed by atoms with Gasteiger partial charge in [-0.15, -0.1) is 11.8 Å². The molecule has 1 aliphatic rings. The summed E-state index contributed by atoms with van der Waals surface area (Å²) in [5, 5.41) is 3.43. The molecule has 1 unspecified atom stereocenters. The van der Waals surface area contributed by atoms with E-state index in [1.165, 1.54) is 0 Å². The summed E-state index contributed by atoms with van der Waals surface area (Å²) in [5.41, 5.74) is 4.98. The van der Waals surface area contributed by atoms with Crippen LogP contribution < -0.4 is 11.1 Å². The molecule has 0 aromatic rings. The van der Waals surface area contributed by atoms with Gasteiger partial charge in [0.25, 0.3) is 0 Å². The first kappa shape index (κ1) is 6.89. The maximum Gasteiger partial charge on any atom is 0.219 e. The van der Waals surface area contributed by atoms with Gasteiger partial charge < -0.3 is 11.1 Å². The van der Waals surface area contributed by atoms with E-state index in [0.717, 1.165) is 12.3 Å². The van der Waals surface area contributed by atoms with E-state index in [4.69, 9.17) is 5.73 Å². The van der Waals surface area contributed by atoms with E-state index in [1.54, 1.807) is 11.8 Å². The lowest BCUT2D eigenvalue weighted by Gasteiger charge is -2.03. The molecule has 0 bridgehead atoms. The molecule has 9 heavy (non-hydrogen) atoms. The number of carbonyl (C=O) groups is 1. The first-order valence-electron chi connectivity index (χ1n) is 2.92. The highest BCUT2D eigenvalue weighted by Gasteiger charge is 2.15. The van der Waals surface area contributed by atoms with Crippen LogP contribution in [0.2, 0.25) is 0 Å². The lowest BCUT2D eigenvalue weighted by Crippen LogP contribution is -2.26. The van der Waals surface area contributed by atoms with Crippen LogP contribution in [0.15, 0.2) is 0 Å².